The molecule has 0 spiro atoms. The molecule has 0 aliphatic rings. The maximum atomic E-state index is 12.1. The van der Waals surface area contributed by atoms with Crippen LogP contribution in [-0.4, -0.2) is 30.7 Å². The number of ether oxygens (including phenoxy) is 2. The SMILES string of the molecule is COc1cccc2sc(NC(=O)C(C)OCCC(C)C)nc12. The Balaban J connectivity index is 1.99. The quantitative estimate of drug-likeness (QED) is 0.844. The van der Waals surface area contributed by atoms with Gasteiger partial charge in [0.2, 0.25) is 0 Å². The fourth-order valence-corrected chi connectivity index (χ4v) is 2.79. The fourth-order valence-electron chi connectivity index (χ4n) is 1.90. The largest absolute Gasteiger partial charge is 0.494 e. The maximum Gasteiger partial charge on any atom is 0.254 e. The van der Waals surface area contributed by atoms with Crippen molar-refractivity contribution in [1.29, 1.82) is 0 Å². The van der Waals surface area contributed by atoms with Crippen LogP contribution in [0.3, 0.4) is 0 Å². The number of anilines is 1. The molecule has 1 aromatic heterocycles. The second-order valence-corrected chi connectivity index (χ2v) is 6.54. The molecule has 0 aliphatic heterocycles. The first-order valence-electron chi connectivity index (χ1n) is 7.37. The molecule has 1 unspecified atom stereocenters. The highest BCUT2D eigenvalue weighted by atomic mass is 32.1. The number of benzene rings is 1. The number of hydrogen-bond donors (Lipinski definition) is 1. The Morgan fingerprint density at radius 1 is 1.36 bits per heavy atom. The van der Waals surface area contributed by atoms with E-state index in [9.17, 15) is 4.79 Å². The molecule has 2 rings (SSSR count). The zero-order chi connectivity index (χ0) is 16.1. The molecule has 1 atom stereocenters. The lowest BCUT2D eigenvalue weighted by atomic mass is 10.1. The van der Waals surface area contributed by atoms with E-state index in [1.165, 1.54) is 11.3 Å². The lowest BCUT2D eigenvalue weighted by Gasteiger charge is -2.13. The van der Waals surface area contributed by atoms with Crippen molar-refractivity contribution in [1.82, 2.24) is 4.98 Å². The summed E-state index contributed by atoms with van der Waals surface area (Å²) >= 11 is 1.42. The van der Waals surface area contributed by atoms with Crippen molar-refractivity contribution in [2.75, 3.05) is 19.0 Å². The number of fused-ring (bicyclic) bond motifs is 1. The normalized spacial score (nSPS) is 12.6. The maximum absolute atomic E-state index is 12.1. The van der Waals surface area contributed by atoms with Gasteiger partial charge in [-0.3, -0.25) is 10.1 Å². The number of amides is 1. The van der Waals surface area contributed by atoms with Gasteiger partial charge in [0.25, 0.3) is 5.91 Å². The number of hydrogen-bond acceptors (Lipinski definition) is 5. The Bertz CT molecular complexity index is 639. The van der Waals surface area contributed by atoms with Crippen LogP contribution in [0.15, 0.2) is 18.2 Å². The standard InChI is InChI=1S/C16H22N2O3S/c1-10(2)8-9-21-11(3)15(19)18-16-17-14-12(20-4)6-5-7-13(14)22-16/h5-7,10-11H,8-9H2,1-4H3,(H,17,18,19). The van der Waals surface area contributed by atoms with Crippen molar-refractivity contribution in [3.63, 3.8) is 0 Å². The molecule has 2 aromatic rings. The fraction of sp³-hybridized carbons (Fsp3) is 0.500. The summed E-state index contributed by atoms with van der Waals surface area (Å²) in [6.07, 6.45) is 0.448. The predicted molar refractivity (Wildman–Crippen MR) is 89.7 cm³/mol. The van der Waals surface area contributed by atoms with Crippen molar-refractivity contribution in [2.24, 2.45) is 5.92 Å². The minimum absolute atomic E-state index is 0.179. The number of nitrogens with zero attached hydrogens (tertiary/aromatic N) is 1. The Kier molecular flexibility index (Phi) is 5.74. The van der Waals surface area contributed by atoms with Gasteiger partial charge in [-0.1, -0.05) is 31.3 Å². The van der Waals surface area contributed by atoms with Crippen LogP contribution >= 0.6 is 11.3 Å². The number of aromatic nitrogens is 1. The highest BCUT2D eigenvalue weighted by molar-refractivity contribution is 7.22. The van der Waals surface area contributed by atoms with Crippen LogP contribution in [0, 0.1) is 5.92 Å². The minimum atomic E-state index is -0.493. The number of thiazole rings is 1. The second-order valence-electron chi connectivity index (χ2n) is 5.51. The van der Waals surface area contributed by atoms with Crippen LogP contribution in [0.5, 0.6) is 5.75 Å². The highest BCUT2D eigenvalue weighted by Gasteiger charge is 2.16. The van der Waals surface area contributed by atoms with Crippen LogP contribution in [0.4, 0.5) is 5.13 Å². The summed E-state index contributed by atoms with van der Waals surface area (Å²) < 4.78 is 11.8. The van der Waals surface area contributed by atoms with E-state index in [-0.39, 0.29) is 5.91 Å². The molecule has 0 saturated carbocycles. The average Bonchev–Trinajstić information content (AvgIpc) is 2.88. The van der Waals surface area contributed by atoms with Gasteiger partial charge in [0, 0.05) is 6.61 Å². The van der Waals surface area contributed by atoms with E-state index in [4.69, 9.17) is 9.47 Å². The van der Waals surface area contributed by atoms with Gasteiger partial charge < -0.3 is 9.47 Å². The molecule has 0 bridgehead atoms. The number of nitrogens with one attached hydrogen (secondary N) is 1. The summed E-state index contributed by atoms with van der Waals surface area (Å²) in [6, 6.07) is 5.71. The minimum Gasteiger partial charge on any atom is -0.494 e. The monoisotopic (exact) mass is 322 g/mol. The number of methoxy groups -OCH3 is 1. The van der Waals surface area contributed by atoms with Crippen molar-refractivity contribution >= 4 is 32.6 Å². The van der Waals surface area contributed by atoms with Crippen molar-refractivity contribution in [3.8, 4) is 5.75 Å². The molecule has 0 aliphatic carbocycles. The third-order valence-corrected chi connectivity index (χ3v) is 4.20. The summed E-state index contributed by atoms with van der Waals surface area (Å²) in [5.74, 6) is 1.09. The van der Waals surface area contributed by atoms with E-state index in [1.54, 1.807) is 14.0 Å². The van der Waals surface area contributed by atoms with Gasteiger partial charge >= 0.3 is 0 Å². The molecule has 0 radical (unpaired) electrons. The lowest BCUT2D eigenvalue weighted by molar-refractivity contribution is -0.126. The first-order valence-corrected chi connectivity index (χ1v) is 8.19. The Labute approximate surface area is 134 Å². The first kappa shape index (κ1) is 16.7. The van der Waals surface area contributed by atoms with Crippen molar-refractivity contribution < 1.29 is 14.3 Å². The van der Waals surface area contributed by atoms with Gasteiger partial charge in [0.05, 0.1) is 11.8 Å². The van der Waals surface area contributed by atoms with E-state index in [1.807, 2.05) is 18.2 Å². The van der Waals surface area contributed by atoms with Gasteiger partial charge in [0.15, 0.2) is 5.13 Å². The van der Waals surface area contributed by atoms with E-state index >= 15 is 0 Å². The van der Waals surface area contributed by atoms with Gasteiger partial charge in [-0.15, -0.1) is 0 Å². The van der Waals surface area contributed by atoms with E-state index in [0.717, 1.165) is 16.6 Å². The molecule has 1 aromatic carbocycles. The molecule has 0 saturated heterocycles. The van der Waals surface area contributed by atoms with Gasteiger partial charge in [0.1, 0.15) is 17.4 Å². The summed E-state index contributed by atoms with van der Waals surface area (Å²) in [7, 11) is 1.61. The number of para-hydroxylation sites is 1. The molecule has 22 heavy (non-hydrogen) atoms. The van der Waals surface area contributed by atoms with Crippen LogP contribution < -0.4 is 10.1 Å². The van der Waals surface area contributed by atoms with Crippen LogP contribution in [0.25, 0.3) is 10.2 Å². The molecule has 1 heterocycles. The molecule has 0 fully saturated rings. The third-order valence-electron chi connectivity index (χ3n) is 3.26. The molecule has 5 nitrogen and oxygen atoms in total. The Morgan fingerprint density at radius 3 is 2.82 bits per heavy atom. The van der Waals surface area contributed by atoms with Gasteiger partial charge in [-0.25, -0.2) is 4.98 Å². The third kappa shape index (κ3) is 4.18. The van der Waals surface area contributed by atoms with Crippen molar-refractivity contribution in [3.05, 3.63) is 18.2 Å². The van der Waals surface area contributed by atoms with E-state index in [2.05, 4.69) is 24.1 Å². The molecule has 1 N–H and O–H groups in total. The summed E-state index contributed by atoms with van der Waals surface area (Å²) in [5.41, 5.74) is 0.763. The lowest BCUT2D eigenvalue weighted by Crippen LogP contribution is -2.28. The second kappa shape index (κ2) is 7.56. The molecule has 1 amide bonds. The van der Waals surface area contributed by atoms with Crippen LogP contribution in [0.1, 0.15) is 27.2 Å². The van der Waals surface area contributed by atoms with Crippen molar-refractivity contribution in [2.45, 2.75) is 33.3 Å². The Morgan fingerprint density at radius 2 is 2.14 bits per heavy atom. The molecular formula is C16H22N2O3S. The molecular weight excluding hydrogens is 300 g/mol. The molecule has 6 heteroatoms. The zero-order valence-corrected chi connectivity index (χ0v) is 14.2. The Hall–Kier alpha value is -1.66. The number of carbonyl (C=O) groups is 1. The van der Waals surface area contributed by atoms with E-state index < -0.39 is 6.10 Å². The first-order chi connectivity index (χ1) is 10.5. The van der Waals surface area contributed by atoms with Crippen LogP contribution in [-0.2, 0) is 9.53 Å². The topological polar surface area (TPSA) is 60.5 Å². The van der Waals surface area contributed by atoms with Gasteiger partial charge in [-0.05, 0) is 31.4 Å². The summed E-state index contributed by atoms with van der Waals surface area (Å²) in [4.78, 5) is 16.5. The van der Waals surface area contributed by atoms with Gasteiger partial charge in [-0.2, -0.15) is 0 Å². The number of carbonyl (C=O) groups excluding carboxylic acids is 1. The number of rotatable bonds is 7. The van der Waals surface area contributed by atoms with E-state index in [0.29, 0.717) is 23.4 Å². The van der Waals surface area contributed by atoms with Crippen LogP contribution in [0.2, 0.25) is 0 Å². The smallest absolute Gasteiger partial charge is 0.254 e. The predicted octanol–water partition coefficient (Wildman–Crippen LogP) is 3.69. The average molecular weight is 322 g/mol. The molecule has 120 valence electrons. The highest BCUT2D eigenvalue weighted by Crippen LogP contribution is 2.32. The summed E-state index contributed by atoms with van der Waals surface area (Å²) in [5, 5.41) is 3.37. The zero-order valence-electron chi connectivity index (χ0n) is 13.4. The summed E-state index contributed by atoms with van der Waals surface area (Å²) in [6.45, 7) is 6.59.